The second kappa shape index (κ2) is 6.71. The molecule has 148 valence electrons. The zero-order chi connectivity index (χ0) is 20.0. The van der Waals surface area contributed by atoms with Crippen LogP contribution in [0.5, 0.6) is 0 Å². The van der Waals surface area contributed by atoms with Crippen molar-refractivity contribution >= 4 is 21.8 Å². The molecule has 0 aromatic heterocycles. The molecule has 3 rings (SSSR count). The van der Waals surface area contributed by atoms with Gasteiger partial charge in [0.2, 0.25) is 10.0 Å². The minimum absolute atomic E-state index is 0.100. The van der Waals surface area contributed by atoms with Gasteiger partial charge in [-0.15, -0.1) is 0 Å². The monoisotopic (exact) mass is 393 g/mol. The molecule has 7 heteroatoms. The summed E-state index contributed by atoms with van der Waals surface area (Å²) in [7, 11) is -0.744. The van der Waals surface area contributed by atoms with Gasteiger partial charge in [-0.3, -0.25) is 4.79 Å². The fraction of sp³-hybridized carbons (Fsp3) is 0.600. The van der Waals surface area contributed by atoms with Crippen LogP contribution in [0.3, 0.4) is 0 Å². The number of sulfonamides is 1. The van der Waals surface area contributed by atoms with Crippen molar-refractivity contribution in [2.24, 2.45) is 16.7 Å². The summed E-state index contributed by atoms with van der Waals surface area (Å²) in [5.41, 5.74) is 0.146. The molecule has 2 bridgehead atoms. The Morgan fingerprint density at radius 3 is 2.37 bits per heavy atom. The average Bonchev–Trinajstić information content (AvgIpc) is 2.95. The number of carbonyl (C=O) groups is 2. The van der Waals surface area contributed by atoms with Crippen LogP contribution in [0.15, 0.2) is 24.3 Å². The molecule has 0 aliphatic heterocycles. The van der Waals surface area contributed by atoms with Gasteiger partial charge in [0.15, 0.2) is 0 Å². The van der Waals surface area contributed by atoms with E-state index < -0.39 is 21.4 Å². The molecule has 0 radical (unpaired) electrons. The van der Waals surface area contributed by atoms with Crippen LogP contribution in [0.1, 0.15) is 49.0 Å². The molecule has 2 aliphatic carbocycles. The molecule has 2 saturated carbocycles. The van der Waals surface area contributed by atoms with Crippen molar-refractivity contribution in [3.8, 4) is 0 Å². The van der Waals surface area contributed by atoms with Crippen LogP contribution >= 0.6 is 0 Å². The van der Waals surface area contributed by atoms with E-state index in [4.69, 9.17) is 0 Å². The van der Waals surface area contributed by atoms with Crippen LogP contribution in [0.2, 0.25) is 0 Å². The summed E-state index contributed by atoms with van der Waals surface area (Å²) < 4.78 is 32.0. The Kier molecular flexibility index (Phi) is 4.97. The summed E-state index contributed by atoms with van der Waals surface area (Å²) in [5, 5.41) is 0. The summed E-state index contributed by atoms with van der Waals surface area (Å²) in [6.45, 7) is 4.27. The molecule has 0 saturated heterocycles. The Balaban J connectivity index is 1.75. The van der Waals surface area contributed by atoms with Crippen molar-refractivity contribution in [2.45, 2.75) is 39.7 Å². The largest absolute Gasteiger partial charge is 0.465 e. The van der Waals surface area contributed by atoms with Crippen molar-refractivity contribution in [2.75, 3.05) is 19.9 Å². The van der Waals surface area contributed by atoms with Crippen LogP contribution in [0, 0.1) is 16.7 Å². The number of hydrogen-bond donors (Lipinski definition) is 0. The Morgan fingerprint density at radius 2 is 1.89 bits per heavy atom. The van der Waals surface area contributed by atoms with E-state index in [0.717, 1.165) is 12.0 Å². The topological polar surface area (TPSA) is 80.8 Å². The molecule has 0 amide bonds. The summed E-state index contributed by atoms with van der Waals surface area (Å²) in [5.74, 6) is -0.169. The molecule has 2 aliphatic rings. The zero-order valence-electron chi connectivity index (χ0n) is 16.3. The Morgan fingerprint density at radius 1 is 1.26 bits per heavy atom. The standard InChI is InChI=1S/C20H27NO5S/c1-19(2)16-9-10-20(19,17(22)11-16)13-27(24,25)21(3)12-14-5-7-15(8-6-14)18(23)26-4/h5-8,16H,9-13H2,1-4H3/t16-,20-/m0/s1. The third kappa shape index (κ3) is 3.21. The summed E-state index contributed by atoms with van der Waals surface area (Å²) in [6, 6.07) is 6.66. The van der Waals surface area contributed by atoms with Crippen LogP contribution in [0.25, 0.3) is 0 Å². The maximum atomic E-state index is 13.0. The van der Waals surface area contributed by atoms with Crippen molar-refractivity contribution in [1.82, 2.24) is 4.31 Å². The summed E-state index contributed by atoms with van der Waals surface area (Å²) in [4.78, 5) is 24.1. The minimum Gasteiger partial charge on any atom is -0.465 e. The smallest absolute Gasteiger partial charge is 0.337 e. The van der Waals surface area contributed by atoms with Crippen molar-refractivity contribution in [1.29, 1.82) is 0 Å². The molecule has 2 fully saturated rings. The summed E-state index contributed by atoms with van der Waals surface area (Å²) in [6.07, 6.45) is 2.08. The van der Waals surface area contributed by atoms with Gasteiger partial charge in [0.25, 0.3) is 0 Å². The van der Waals surface area contributed by atoms with Crippen molar-refractivity contribution in [3.05, 3.63) is 35.4 Å². The summed E-state index contributed by atoms with van der Waals surface area (Å²) >= 11 is 0. The highest BCUT2D eigenvalue weighted by atomic mass is 32.2. The van der Waals surface area contributed by atoms with Gasteiger partial charge in [0.1, 0.15) is 5.78 Å². The van der Waals surface area contributed by atoms with Gasteiger partial charge in [-0.2, -0.15) is 0 Å². The maximum Gasteiger partial charge on any atom is 0.337 e. The molecule has 1 aromatic carbocycles. The molecule has 27 heavy (non-hydrogen) atoms. The predicted octanol–water partition coefficient (Wildman–Crippen LogP) is 2.63. The van der Waals surface area contributed by atoms with Crippen molar-refractivity contribution in [3.63, 3.8) is 0 Å². The van der Waals surface area contributed by atoms with Crippen LogP contribution in [-0.2, 0) is 26.1 Å². The minimum atomic E-state index is -3.60. The molecule has 0 heterocycles. The van der Waals surface area contributed by atoms with Gasteiger partial charge in [-0.1, -0.05) is 26.0 Å². The van der Waals surface area contributed by atoms with Gasteiger partial charge in [0, 0.05) is 25.4 Å². The van der Waals surface area contributed by atoms with Gasteiger partial charge in [0.05, 0.1) is 18.4 Å². The van der Waals surface area contributed by atoms with Gasteiger partial charge in [-0.25, -0.2) is 17.5 Å². The van der Waals surface area contributed by atoms with E-state index in [2.05, 4.69) is 4.74 Å². The number of carbonyl (C=O) groups excluding carboxylic acids is 2. The number of esters is 1. The van der Waals surface area contributed by atoms with Gasteiger partial charge in [-0.05, 0) is 41.9 Å². The van der Waals surface area contributed by atoms with E-state index >= 15 is 0 Å². The first-order valence-electron chi connectivity index (χ1n) is 9.18. The second-order valence-electron chi connectivity index (χ2n) is 8.37. The van der Waals surface area contributed by atoms with Crippen LogP contribution in [-0.4, -0.2) is 44.4 Å². The predicted molar refractivity (Wildman–Crippen MR) is 102 cm³/mol. The molecule has 0 unspecified atom stereocenters. The molecule has 0 N–H and O–H groups in total. The van der Waals surface area contributed by atoms with Gasteiger partial charge >= 0.3 is 5.97 Å². The van der Waals surface area contributed by atoms with E-state index in [9.17, 15) is 18.0 Å². The zero-order valence-corrected chi connectivity index (χ0v) is 17.1. The molecule has 0 spiro atoms. The quantitative estimate of drug-likeness (QED) is 0.694. The second-order valence-corrected chi connectivity index (χ2v) is 10.4. The lowest BCUT2D eigenvalue weighted by Crippen LogP contribution is -2.45. The first-order valence-corrected chi connectivity index (χ1v) is 10.8. The first kappa shape index (κ1) is 20.0. The number of rotatable bonds is 6. The third-order valence-electron chi connectivity index (χ3n) is 6.82. The number of hydrogen-bond acceptors (Lipinski definition) is 5. The lowest BCUT2D eigenvalue weighted by Gasteiger charge is -2.37. The van der Waals surface area contributed by atoms with E-state index in [0.29, 0.717) is 18.4 Å². The van der Waals surface area contributed by atoms with Crippen molar-refractivity contribution < 1.29 is 22.7 Å². The molecule has 6 nitrogen and oxygen atoms in total. The van der Waals surface area contributed by atoms with Crippen LogP contribution < -0.4 is 0 Å². The van der Waals surface area contributed by atoms with E-state index in [-0.39, 0.29) is 29.4 Å². The Hall–Kier alpha value is -1.73. The highest BCUT2D eigenvalue weighted by Crippen LogP contribution is 2.64. The van der Waals surface area contributed by atoms with E-state index in [1.165, 1.54) is 11.4 Å². The lowest BCUT2D eigenvalue weighted by molar-refractivity contribution is -0.128. The average molecular weight is 394 g/mol. The van der Waals surface area contributed by atoms with E-state index in [1.54, 1.807) is 31.3 Å². The number of nitrogens with zero attached hydrogens (tertiary/aromatic N) is 1. The fourth-order valence-electron chi connectivity index (χ4n) is 4.75. The number of ketones is 1. The van der Waals surface area contributed by atoms with Crippen LogP contribution in [0.4, 0.5) is 0 Å². The highest BCUT2D eigenvalue weighted by molar-refractivity contribution is 7.89. The number of methoxy groups -OCH3 is 1. The maximum absolute atomic E-state index is 13.0. The number of Topliss-reactive ketones (excluding diaryl/α,β-unsaturated/α-hetero) is 1. The molecular weight excluding hydrogens is 366 g/mol. The molecule has 2 atom stereocenters. The molecular formula is C20H27NO5S. The number of ether oxygens (including phenoxy) is 1. The normalized spacial score (nSPS) is 26.6. The third-order valence-corrected chi connectivity index (χ3v) is 8.76. The highest BCUT2D eigenvalue weighted by Gasteiger charge is 2.65. The fourth-order valence-corrected chi connectivity index (χ4v) is 6.62. The molecule has 1 aromatic rings. The first-order chi connectivity index (χ1) is 12.5. The number of benzene rings is 1. The Labute approximate surface area is 160 Å². The lowest BCUT2D eigenvalue weighted by atomic mass is 9.70. The SMILES string of the molecule is COC(=O)c1ccc(CN(C)S(=O)(=O)C[C@@]23CC[C@@H](CC2=O)C3(C)C)cc1. The van der Waals surface area contributed by atoms with Gasteiger partial charge < -0.3 is 4.74 Å². The number of fused-ring (bicyclic) bond motifs is 2. The Bertz CT molecular complexity index is 859. The van der Waals surface area contributed by atoms with E-state index in [1.807, 2.05) is 13.8 Å².